The molecule has 0 radical (unpaired) electrons. The largest absolute Gasteiger partial charge is 0.504 e. The van der Waals surface area contributed by atoms with Crippen LogP contribution in [0.1, 0.15) is 33.6 Å². The van der Waals surface area contributed by atoms with Crippen molar-refractivity contribution in [1.29, 1.82) is 0 Å². The summed E-state index contributed by atoms with van der Waals surface area (Å²) in [6.45, 7) is 0.761. The number of Topliss-reactive ketones (excluding diaryl/α,β-unsaturated/α-hetero) is 2. The van der Waals surface area contributed by atoms with E-state index in [0.29, 0.717) is 60.2 Å². The normalized spacial score (nSPS) is 14.5. The number of fused-ring (bicyclic) bond motifs is 2. The summed E-state index contributed by atoms with van der Waals surface area (Å²) in [5, 5.41) is 18.3. The highest BCUT2D eigenvalue weighted by Gasteiger charge is 2.22. The fraction of sp³-hybridized carbons (Fsp3) is 0.300. The van der Waals surface area contributed by atoms with E-state index in [-0.39, 0.29) is 23.1 Å². The highest BCUT2D eigenvalue weighted by atomic mass is 16.5. The highest BCUT2D eigenvalue weighted by Crippen LogP contribution is 2.37. The maximum absolute atomic E-state index is 11.6. The minimum atomic E-state index is -0.294. The van der Waals surface area contributed by atoms with Gasteiger partial charge in [-0.05, 0) is 12.1 Å². The van der Waals surface area contributed by atoms with Gasteiger partial charge in [0.05, 0.1) is 38.6 Å². The summed E-state index contributed by atoms with van der Waals surface area (Å²) in [4.78, 5) is 22.9. The van der Waals surface area contributed by atoms with Gasteiger partial charge < -0.3 is 29.2 Å². The summed E-state index contributed by atoms with van der Waals surface area (Å²) < 4.78 is 20.8. The molecule has 2 N–H and O–H groups in total. The molecule has 0 unspecified atom stereocenters. The Balaban J connectivity index is 0.000000162. The lowest BCUT2D eigenvalue weighted by Gasteiger charge is -2.18. The molecule has 2 heterocycles. The molecular weight excluding hydrogens is 368 g/mol. The molecule has 28 heavy (non-hydrogen) atoms. The second kappa shape index (κ2) is 8.08. The molecule has 8 nitrogen and oxygen atoms in total. The zero-order valence-electron chi connectivity index (χ0n) is 15.5. The van der Waals surface area contributed by atoms with Crippen LogP contribution in [0, 0.1) is 0 Å². The van der Waals surface area contributed by atoms with Crippen LogP contribution < -0.4 is 18.9 Å². The van der Waals surface area contributed by atoms with E-state index in [4.69, 9.17) is 29.2 Å². The third-order valence-electron chi connectivity index (χ3n) is 4.34. The topological polar surface area (TPSA) is 112 Å². The lowest BCUT2D eigenvalue weighted by molar-refractivity contribution is 0.0923. The minimum Gasteiger partial charge on any atom is -0.504 e. The monoisotopic (exact) mass is 388 g/mol. The van der Waals surface area contributed by atoms with E-state index in [1.807, 2.05) is 0 Å². The summed E-state index contributed by atoms with van der Waals surface area (Å²) in [6, 6.07) is 5.83. The Labute approximate surface area is 161 Å². The number of hydrogen-bond acceptors (Lipinski definition) is 8. The lowest BCUT2D eigenvalue weighted by Crippen LogP contribution is -2.15. The number of methoxy groups -OCH3 is 2. The van der Waals surface area contributed by atoms with Crippen LogP contribution in [0.25, 0.3) is 0 Å². The van der Waals surface area contributed by atoms with Crippen molar-refractivity contribution in [3.63, 3.8) is 0 Å². The fourth-order valence-electron chi connectivity index (χ4n) is 2.87. The molecule has 0 fully saturated rings. The fourth-order valence-corrected chi connectivity index (χ4v) is 2.87. The molecule has 0 saturated heterocycles. The van der Waals surface area contributed by atoms with E-state index in [2.05, 4.69) is 0 Å². The molecule has 2 aliphatic rings. The van der Waals surface area contributed by atoms with Crippen molar-refractivity contribution >= 4 is 11.6 Å². The number of phenols is 2. The van der Waals surface area contributed by atoms with Gasteiger partial charge in [-0.25, -0.2) is 0 Å². The van der Waals surface area contributed by atoms with E-state index in [1.165, 1.54) is 12.1 Å². The molecule has 0 bridgehead atoms. The van der Waals surface area contributed by atoms with Gasteiger partial charge in [-0.1, -0.05) is 0 Å². The number of aromatic hydroxyl groups is 2. The number of carbonyl (C=O) groups is 2. The van der Waals surface area contributed by atoms with Gasteiger partial charge >= 0.3 is 0 Å². The minimum absolute atomic E-state index is 0.0726. The second-order valence-corrected chi connectivity index (χ2v) is 6.08. The average molecular weight is 388 g/mol. The van der Waals surface area contributed by atoms with Crippen LogP contribution in [-0.2, 0) is 0 Å². The lowest BCUT2D eigenvalue weighted by atomic mass is 10.0. The molecule has 2 aliphatic heterocycles. The summed E-state index contributed by atoms with van der Waals surface area (Å²) in [6.07, 6.45) is 0.736. The van der Waals surface area contributed by atoms with Crippen molar-refractivity contribution in [3.8, 4) is 34.5 Å². The molecular formula is C20H20O8. The van der Waals surface area contributed by atoms with Crippen molar-refractivity contribution < 1.29 is 38.7 Å². The maximum atomic E-state index is 11.6. The molecule has 148 valence electrons. The van der Waals surface area contributed by atoms with Crippen molar-refractivity contribution in [2.24, 2.45) is 0 Å². The SMILES string of the molecule is COc1cc2c(cc1OC)C(=O)CCO2.O=C1CCOc2cc(O)c(O)cc21. The zero-order chi connectivity index (χ0) is 20.3. The van der Waals surface area contributed by atoms with Gasteiger partial charge in [-0.15, -0.1) is 0 Å². The molecule has 0 aromatic heterocycles. The summed E-state index contributed by atoms with van der Waals surface area (Å²) in [5.74, 6) is 1.48. The Kier molecular flexibility index (Phi) is 5.58. The predicted molar refractivity (Wildman–Crippen MR) is 98.2 cm³/mol. The number of ether oxygens (including phenoxy) is 4. The standard InChI is InChI=1S/C11H12O4.C9H8O4/c1-13-10-5-7-8(12)3-4-15-9(7)6-11(10)14-2;10-6-1-2-13-9-4-8(12)7(11)3-5(6)9/h5-6H,3-4H2,1-2H3;3-4,11-12H,1-2H2. The smallest absolute Gasteiger partial charge is 0.170 e. The Morgan fingerprint density at radius 3 is 1.79 bits per heavy atom. The number of rotatable bonds is 2. The number of phenolic OH excluding ortho intramolecular Hbond substituents is 2. The Hall–Kier alpha value is -3.42. The van der Waals surface area contributed by atoms with Gasteiger partial charge in [0.1, 0.15) is 11.5 Å². The van der Waals surface area contributed by atoms with Crippen molar-refractivity contribution in [2.75, 3.05) is 27.4 Å². The van der Waals surface area contributed by atoms with E-state index in [0.717, 1.165) is 0 Å². The van der Waals surface area contributed by atoms with Crippen LogP contribution in [-0.4, -0.2) is 49.2 Å². The molecule has 0 saturated carbocycles. The van der Waals surface area contributed by atoms with E-state index < -0.39 is 0 Å². The molecule has 8 heteroatoms. The first-order valence-corrected chi connectivity index (χ1v) is 8.58. The molecule has 0 aliphatic carbocycles. The van der Waals surface area contributed by atoms with Crippen LogP contribution in [0.4, 0.5) is 0 Å². The predicted octanol–water partition coefficient (Wildman–Crippen LogP) is 2.73. The van der Waals surface area contributed by atoms with Gasteiger partial charge in [0.2, 0.25) is 0 Å². The van der Waals surface area contributed by atoms with E-state index >= 15 is 0 Å². The van der Waals surface area contributed by atoms with Crippen LogP contribution in [0.3, 0.4) is 0 Å². The van der Waals surface area contributed by atoms with Crippen LogP contribution >= 0.6 is 0 Å². The highest BCUT2D eigenvalue weighted by molar-refractivity contribution is 6.00. The number of carbonyl (C=O) groups excluding carboxylic acids is 2. The van der Waals surface area contributed by atoms with Gasteiger partial charge in [-0.2, -0.15) is 0 Å². The van der Waals surface area contributed by atoms with Gasteiger partial charge in [0, 0.05) is 25.0 Å². The van der Waals surface area contributed by atoms with Crippen LogP contribution in [0.2, 0.25) is 0 Å². The molecule has 0 amide bonds. The number of hydrogen-bond donors (Lipinski definition) is 2. The number of benzene rings is 2. The number of ketones is 2. The zero-order valence-corrected chi connectivity index (χ0v) is 15.5. The molecule has 4 rings (SSSR count). The third-order valence-corrected chi connectivity index (χ3v) is 4.34. The maximum Gasteiger partial charge on any atom is 0.170 e. The van der Waals surface area contributed by atoms with Gasteiger partial charge in [0.25, 0.3) is 0 Å². The van der Waals surface area contributed by atoms with Crippen molar-refractivity contribution in [2.45, 2.75) is 12.8 Å². The molecule has 0 spiro atoms. The van der Waals surface area contributed by atoms with Gasteiger partial charge in [0.15, 0.2) is 34.6 Å². The summed E-state index contributed by atoms with van der Waals surface area (Å²) in [7, 11) is 3.09. The Morgan fingerprint density at radius 2 is 1.21 bits per heavy atom. The Morgan fingerprint density at radius 1 is 0.750 bits per heavy atom. The average Bonchev–Trinajstić information content (AvgIpc) is 2.69. The first kappa shape index (κ1) is 19.3. The first-order valence-electron chi connectivity index (χ1n) is 8.58. The molecule has 0 atom stereocenters. The van der Waals surface area contributed by atoms with Gasteiger partial charge in [-0.3, -0.25) is 9.59 Å². The van der Waals surface area contributed by atoms with Crippen molar-refractivity contribution in [3.05, 3.63) is 35.4 Å². The Bertz CT molecular complexity index is 919. The van der Waals surface area contributed by atoms with E-state index in [1.54, 1.807) is 26.4 Å². The second-order valence-electron chi connectivity index (χ2n) is 6.08. The summed E-state index contributed by atoms with van der Waals surface area (Å²) >= 11 is 0. The van der Waals surface area contributed by atoms with E-state index in [9.17, 15) is 9.59 Å². The molecule has 2 aromatic carbocycles. The summed E-state index contributed by atoms with van der Waals surface area (Å²) in [5.41, 5.74) is 0.903. The third kappa shape index (κ3) is 3.80. The van der Waals surface area contributed by atoms with Crippen molar-refractivity contribution in [1.82, 2.24) is 0 Å². The molecule has 2 aromatic rings. The van der Waals surface area contributed by atoms with Crippen LogP contribution in [0.15, 0.2) is 24.3 Å². The first-order chi connectivity index (χ1) is 13.4. The van der Waals surface area contributed by atoms with Crippen LogP contribution in [0.5, 0.6) is 34.5 Å². The quantitative estimate of drug-likeness (QED) is 0.756.